The molecule has 0 aliphatic carbocycles. The molecular weight excluding hydrogens is 342 g/mol. The van der Waals surface area contributed by atoms with Gasteiger partial charge in [-0.05, 0) is 53.8 Å². The fraction of sp³-hybridized carbons (Fsp3) is 0.333. The Morgan fingerprint density at radius 1 is 1.00 bits per heavy atom. The third kappa shape index (κ3) is 4.60. The first-order chi connectivity index (χ1) is 9.90. The molecule has 0 aliphatic heterocycles. The fourth-order valence-electron chi connectivity index (χ4n) is 2.11. The zero-order chi connectivity index (χ0) is 15.5. The van der Waals surface area contributed by atoms with E-state index in [-0.39, 0.29) is 5.41 Å². The van der Waals surface area contributed by atoms with Gasteiger partial charge in [-0.3, -0.25) is 0 Å². The highest BCUT2D eigenvalue weighted by atomic mass is 79.9. The van der Waals surface area contributed by atoms with Crippen molar-refractivity contribution in [3.8, 4) is 0 Å². The van der Waals surface area contributed by atoms with Gasteiger partial charge in [-0.1, -0.05) is 66.7 Å². The van der Waals surface area contributed by atoms with Crippen molar-refractivity contribution in [2.45, 2.75) is 42.4 Å². The van der Waals surface area contributed by atoms with Gasteiger partial charge in [0.2, 0.25) is 0 Å². The second-order valence-electron chi connectivity index (χ2n) is 6.17. The molecule has 2 N–H and O–H groups in total. The van der Waals surface area contributed by atoms with Crippen LogP contribution in [0.25, 0.3) is 0 Å². The summed E-state index contributed by atoms with van der Waals surface area (Å²) in [7, 11) is 0. The molecule has 3 heteroatoms. The van der Waals surface area contributed by atoms with Crippen molar-refractivity contribution in [3.05, 3.63) is 58.1 Å². The molecule has 0 amide bonds. The predicted octanol–water partition coefficient (Wildman–Crippen LogP) is 5.40. The monoisotopic (exact) mass is 363 g/mol. The van der Waals surface area contributed by atoms with Crippen molar-refractivity contribution >= 4 is 27.7 Å². The minimum atomic E-state index is 0.204. The molecule has 0 aliphatic rings. The molecule has 0 fully saturated rings. The standard InChI is InChI=1S/C18H22BrNS/c1-18(2,3)14-5-8-15(9-6-14)21-16-7-4-13(10-11-20)17(19)12-16/h4-9,12H,10-11,20H2,1-3H3. The van der Waals surface area contributed by atoms with E-state index in [1.165, 1.54) is 20.9 Å². The minimum absolute atomic E-state index is 0.204. The van der Waals surface area contributed by atoms with E-state index in [0.29, 0.717) is 6.54 Å². The van der Waals surface area contributed by atoms with Gasteiger partial charge in [-0.15, -0.1) is 0 Å². The average molecular weight is 364 g/mol. The second-order valence-corrected chi connectivity index (χ2v) is 8.17. The molecular formula is C18H22BrNS. The van der Waals surface area contributed by atoms with Crippen LogP contribution in [0.3, 0.4) is 0 Å². The summed E-state index contributed by atoms with van der Waals surface area (Å²) in [4.78, 5) is 2.51. The van der Waals surface area contributed by atoms with Crippen LogP contribution in [0.2, 0.25) is 0 Å². The molecule has 0 heterocycles. The molecule has 0 atom stereocenters. The van der Waals surface area contributed by atoms with Gasteiger partial charge in [-0.2, -0.15) is 0 Å². The maximum atomic E-state index is 5.61. The highest BCUT2D eigenvalue weighted by molar-refractivity contribution is 9.10. The second kappa shape index (κ2) is 6.99. The van der Waals surface area contributed by atoms with Crippen molar-refractivity contribution in [1.29, 1.82) is 0 Å². The van der Waals surface area contributed by atoms with Gasteiger partial charge in [0.1, 0.15) is 0 Å². The molecule has 0 saturated carbocycles. The summed E-state index contributed by atoms with van der Waals surface area (Å²) in [5.41, 5.74) is 8.45. The summed E-state index contributed by atoms with van der Waals surface area (Å²) in [6, 6.07) is 15.3. The van der Waals surface area contributed by atoms with E-state index in [0.717, 1.165) is 10.9 Å². The molecule has 0 unspecified atom stereocenters. The molecule has 0 radical (unpaired) electrons. The Balaban J connectivity index is 2.13. The topological polar surface area (TPSA) is 26.0 Å². The predicted molar refractivity (Wildman–Crippen MR) is 96.2 cm³/mol. The van der Waals surface area contributed by atoms with Gasteiger partial charge in [-0.25, -0.2) is 0 Å². The van der Waals surface area contributed by atoms with Gasteiger partial charge in [0.05, 0.1) is 0 Å². The molecule has 0 bridgehead atoms. The number of nitrogens with two attached hydrogens (primary N) is 1. The van der Waals surface area contributed by atoms with E-state index in [1.807, 2.05) is 0 Å². The van der Waals surface area contributed by atoms with Crippen LogP contribution in [0, 0.1) is 0 Å². The zero-order valence-electron chi connectivity index (χ0n) is 12.8. The lowest BCUT2D eigenvalue weighted by Gasteiger charge is -2.19. The lowest BCUT2D eigenvalue weighted by Crippen LogP contribution is -2.10. The van der Waals surface area contributed by atoms with Crippen molar-refractivity contribution < 1.29 is 0 Å². The lowest BCUT2D eigenvalue weighted by molar-refractivity contribution is 0.590. The molecule has 2 aromatic carbocycles. The third-order valence-electron chi connectivity index (χ3n) is 3.39. The Bertz CT molecular complexity index is 600. The summed E-state index contributed by atoms with van der Waals surface area (Å²) < 4.78 is 1.14. The molecule has 21 heavy (non-hydrogen) atoms. The van der Waals surface area contributed by atoms with Gasteiger partial charge in [0.25, 0.3) is 0 Å². The van der Waals surface area contributed by atoms with Crippen LogP contribution in [0.5, 0.6) is 0 Å². The Morgan fingerprint density at radius 3 is 2.14 bits per heavy atom. The van der Waals surface area contributed by atoms with Crippen molar-refractivity contribution in [2.24, 2.45) is 5.73 Å². The van der Waals surface area contributed by atoms with E-state index >= 15 is 0 Å². The Hall–Kier alpha value is -0.770. The summed E-state index contributed by atoms with van der Waals surface area (Å²) in [5, 5.41) is 0. The van der Waals surface area contributed by atoms with Crippen LogP contribution in [-0.4, -0.2) is 6.54 Å². The SMILES string of the molecule is CC(C)(C)c1ccc(Sc2ccc(CCN)c(Br)c2)cc1. The van der Waals surface area contributed by atoms with Crippen LogP contribution in [0.4, 0.5) is 0 Å². The zero-order valence-corrected chi connectivity index (χ0v) is 15.2. The summed E-state index contributed by atoms with van der Waals surface area (Å²) in [5.74, 6) is 0. The van der Waals surface area contributed by atoms with Crippen molar-refractivity contribution in [1.82, 2.24) is 0 Å². The molecule has 1 nitrogen and oxygen atoms in total. The van der Waals surface area contributed by atoms with Gasteiger partial charge in [0, 0.05) is 14.3 Å². The van der Waals surface area contributed by atoms with E-state index in [4.69, 9.17) is 5.73 Å². The van der Waals surface area contributed by atoms with Crippen LogP contribution in [-0.2, 0) is 11.8 Å². The quantitative estimate of drug-likeness (QED) is 0.786. The number of halogens is 1. The maximum absolute atomic E-state index is 5.61. The number of hydrogen-bond acceptors (Lipinski definition) is 2. The van der Waals surface area contributed by atoms with E-state index in [9.17, 15) is 0 Å². The minimum Gasteiger partial charge on any atom is -0.330 e. The molecule has 2 aromatic rings. The third-order valence-corrected chi connectivity index (χ3v) is 5.13. The Morgan fingerprint density at radius 2 is 1.62 bits per heavy atom. The molecule has 0 aromatic heterocycles. The first kappa shape index (κ1) is 16.6. The Labute approximate surface area is 140 Å². The lowest BCUT2D eigenvalue weighted by atomic mass is 9.87. The van der Waals surface area contributed by atoms with Crippen molar-refractivity contribution in [2.75, 3.05) is 6.54 Å². The summed E-state index contributed by atoms with van der Waals surface area (Å²) >= 11 is 5.42. The smallest absolute Gasteiger partial charge is 0.0219 e. The van der Waals surface area contributed by atoms with E-state index in [2.05, 4.69) is 79.2 Å². The summed E-state index contributed by atoms with van der Waals surface area (Å²) in [6.45, 7) is 7.40. The first-order valence-electron chi connectivity index (χ1n) is 7.17. The first-order valence-corrected chi connectivity index (χ1v) is 8.78. The van der Waals surface area contributed by atoms with Crippen molar-refractivity contribution in [3.63, 3.8) is 0 Å². The van der Waals surface area contributed by atoms with Crippen LogP contribution >= 0.6 is 27.7 Å². The van der Waals surface area contributed by atoms with Crippen LogP contribution in [0.1, 0.15) is 31.9 Å². The molecule has 0 saturated heterocycles. The highest BCUT2D eigenvalue weighted by Gasteiger charge is 2.13. The Kier molecular flexibility index (Phi) is 5.53. The normalized spacial score (nSPS) is 11.7. The highest BCUT2D eigenvalue weighted by Crippen LogP contribution is 2.32. The number of rotatable bonds is 4. The van der Waals surface area contributed by atoms with E-state index in [1.54, 1.807) is 11.8 Å². The maximum Gasteiger partial charge on any atom is 0.0219 e. The largest absolute Gasteiger partial charge is 0.330 e. The molecule has 0 spiro atoms. The molecule has 112 valence electrons. The number of hydrogen-bond donors (Lipinski definition) is 1. The fourth-order valence-corrected chi connectivity index (χ4v) is 3.69. The number of benzene rings is 2. The van der Waals surface area contributed by atoms with Gasteiger partial charge >= 0.3 is 0 Å². The van der Waals surface area contributed by atoms with Crippen LogP contribution in [0.15, 0.2) is 56.7 Å². The summed E-state index contributed by atoms with van der Waals surface area (Å²) in [6.07, 6.45) is 0.909. The molecule has 2 rings (SSSR count). The van der Waals surface area contributed by atoms with Crippen LogP contribution < -0.4 is 5.73 Å². The van der Waals surface area contributed by atoms with Gasteiger partial charge < -0.3 is 5.73 Å². The van der Waals surface area contributed by atoms with Gasteiger partial charge in [0.15, 0.2) is 0 Å². The van der Waals surface area contributed by atoms with E-state index < -0.39 is 0 Å². The average Bonchev–Trinajstić information content (AvgIpc) is 2.42.